The Morgan fingerprint density at radius 2 is 2.06 bits per heavy atom. The van der Waals surface area contributed by atoms with E-state index in [1.807, 2.05) is 12.1 Å². The van der Waals surface area contributed by atoms with Gasteiger partial charge in [-0.25, -0.2) is 0 Å². The van der Waals surface area contributed by atoms with Gasteiger partial charge in [0, 0.05) is 12.6 Å². The first-order valence-electron chi connectivity index (χ1n) is 6.07. The van der Waals surface area contributed by atoms with Gasteiger partial charge >= 0.3 is 5.97 Å². The van der Waals surface area contributed by atoms with Gasteiger partial charge in [-0.2, -0.15) is 0 Å². The lowest BCUT2D eigenvalue weighted by Gasteiger charge is -2.28. The number of hydrogen-bond donors (Lipinski definition) is 1. The Balaban J connectivity index is 2.75. The summed E-state index contributed by atoms with van der Waals surface area (Å²) in [6.07, 6.45) is 0.198. The van der Waals surface area contributed by atoms with Crippen LogP contribution < -0.4 is 0 Å². The van der Waals surface area contributed by atoms with Crippen LogP contribution in [-0.2, 0) is 4.79 Å². The maximum atomic E-state index is 10.6. The molecule has 0 heterocycles. The van der Waals surface area contributed by atoms with Crippen molar-refractivity contribution in [3.63, 3.8) is 0 Å². The molecule has 1 rings (SSSR count). The largest absolute Gasteiger partial charge is 0.481 e. The number of carbonyl (C=O) groups is 1. The maximum Gasteiger partial charge on any atom is 0.304 e. The summed E-state index contributed by atoms with van der Waals surface area (Å²) in [6, 6.07) is 8.53. The van der Waals surface area contributed by atoms with Crippen molar-refractivity contribution in [1.82, 2.24) is 4.90 Å². The number of carboxylic acids is 1. The Hall–Kier alpha value is -1.35. The number of rotatable bonds is 6. The molecule has 3 heteroatoms. The lowest BCUT2D eigenvalue weighted by molar-refractivity contribution is -0.137. The van der Waals surface area contributed by atoms with E-state index in [2.05, 4.69) is 37.8 Å². The van der Waals surface area contributed by atoms with Crippen molar-refractivity contribution >= 4 is 5.97 Å². The highest BCUT2D eigenvalue weighted by molar-refractivity contribution is 5.66. The van der Waals surface area contributed by atoms with Gasteiger partial charge in [0.25, 0.3) is 0 Å². The molecule has 0 spiro atoms. The van der Waals surface area contributed by atoms with Crippen molar-refractivity contribution in [2.75, 3.05) is 13.1 Å². The summed E-state index contributed by atoms with van der Waals surface area (Å²) in [5.41, 5.74) is 2.54. The van der Waals surface area contributed by atoms with Gasteiger partial charge in [0.1, 0.15) is 0 Å². The van der Waals surface area contributed by atoms with Gasteiger partial charge in [-0.1, -0.05) is 31.2 Å². The number of carboxylic acid groups (broad SMARTS) is 1. The molecule has 0 amide bonds. The Morgan fingerprint density at radius 3 is 2.59 bits per heavy atom. The molecule has 3 nitrogen and oxygen atoms in total. The van der Waals surface area contributed by atoms with Gasteiger partial charge in [0.2, 0.25) is 0 Å². The fraction of sp³-hybridized carbons (Fsp3) is 0.500. The van der Waals surface area contributed by atoms with E-state index in [0.29, 0.717) is 6.54 Å². The van der Waals surface area contributed by atoms with Gasteiger partial charge in [0.05, 0.1) is 6.42 Å². The molecule has 0 saturated carbocycles. The van der Waals surface area contributed by atoms with Crippen LogP contribution >= 0.6 is 0 Å². The SMILES string of the molecule is CCN(CCC(=O)O)C(C)c1ccccc1C. The molecule has 0 aliphatic carbocycles. The van der Waals surface area contributed by atoms with E-state index in [1.54, 1.807) is 0 Å². The average molecular weight is 235 g/mol. The van der Waals surface area contributed by atoms with Gasteiger partial charge in [-0.15, -0.1) is 0 Å². The number of aryl methyl sites for hydroxylation is 1. The smallest absolute Gasteiger partial charge is 0.304 e. The second kappa shape index (κ2) is 6.40. The van der Waals surface area contributed by atoms with E-state index in [1.165, 1.54) is 11.1 Å². The molecule has 0 saturated heterocycles. The molecule has 0 fully saturated rings. The normalized spacial score (nSPS) is 12.7. The van der Waals surface area contributed by atoms with Crippen molar-refractivity contribution in [2.45, 2.75) is 33.2 Å². The van der Waals surface area contributed by atoms with Gasteiger partial charge in [-0.3, -0.25) is 9.69 Å². The summed E-state index contributed by atoms with van der Waals surface area (Å²) in [7, 11) is 0. The predicted octanol–water partition coefficient (Wildman–Crippen LogP) is 2.85. The van der Waals surface area contributed by atoms with Crippen LogP contribution in [0.5, 0.6) is 0 Å². The van der Waals surface area contributed by atoms with Crippen LogP contribution in [0.25, 0.3) is 0 Å². The molecule has 0 aromatic heterocycles. The van der Waals surface area contributed by atoms with E-state index < -0.39 is 5.97 Å². The highest BCUT2D eigenvalue weighted by atomic mass is 16.4. The fourth-order valence-electron chi connectivity index (χ4n) is 2.12. The summed E-state index contributed by atoms with van der Waals surface area (Å²) in [5.74, 6) is -0.736. The first-order chi connectivity index (χ1) is 8.06. The quantitative estimate of drug-likeness (QED) is 0.824. The van der Waals surface area contributed by atoms with E-state index in [0.717, 1.165) is 6.54 Å². The first kappa shape index (κ1) is 13.7. The second-order valence-electron chi connectivity index (χ2n) is 4.30. The summed E-state index contributed by atoms with van der Waals surface area (Å²) in [5, 5.41) is 8.74. The zero-order valence-corrected chi connectivity index (χ0v) is 10.8. The minimum atomic E-state index is -0.736. The Morgan fingerprint density at radius 1 is 1.41 bits per heavy atom. The third-order valence-electron chi connectivity index (χ3n) is 3.21. The van der Waals surface area contributed by atoms with Gasteiger partial charge in [-0.05, 0) is 31.5 Å². The Kier molecular flexibility index (Phi) is 5.16. The summed E-state index contributed by atoms with van der Waals surface area (Å²) >= 11 is 0. The molecule has 94 valence electrons. The standard InChI is InChI=1S/C14H21NO2/c1-4-15(10-9-14(16)17)12(3)13-8-6-5-7-11(13)2/h5-8,12H,4,9-10H2,1-3H3,(H,16,17). The van der Waals surface area contributed by atoms with Crippen LogP contribution in [0.4, 0.5) is 0 Å². The molecule has 0 aliphatic heterocycles. The number of aliphatic carboxylic acids is 1. The molecule has 1 aromatic carbocycles. The zero-order valence-electron chi connectivity index (χ0n) is 10.8. The Labute approximate surface area is 103 Å². The molecular weight excluding hydrogens is 214 g/mol. The highest BCUT2D eigenvalue weighted by Crippen LogP contribution is 2.23. The first-order valence-corrected chi connectivity index (χ1v) is 6.07. The van der Waals surface area contributed by atoms with Gasteiger partial charge < -0.3 is 5.11 Å². The molecule has 1 N–H and O–H groups in total. The fourth-order valence-corrected chi connectivity index (χ4v) is 2.12. The van der Waals surface area contributed by atoms with Crippen molar-refractivity contribution in [3.05, 3.63) is 35.4 Å². The molecule has 1 aromatic rings. The number of benzene rings is 1. The van der Waals surface area contributed by atoms with E-state index in [-0.39, 0.29) is 12.5 Å². The maximum absolute atomic E-state index is 10.6. The molecule has 17 heavy (non-hydrogen) atoms. The number of hydrogen-bond acceptors (Lipinski definition) is 2. The topological polar surface area (TPSA) is 40.5 Å². The van der Waals surface area contributed by atoms with Crippen molar-refractivity contribution in [1.29, 1.82) is 0 Å². The zero-order chi connectivity index (χ0) is 12.8. The van der Waals surface area contributed by atoms with Crippen LogP contribution in [0, 0.1) is 6.92 Å². The minimum Gasteiger partial charge on any atom is -0.481 e. The summed E-state index contributed by atoms with van der Waals surface area (Å²) < 4.78 is 0. The monoisotopic (exact) mass is 235 g/mol. The summed E-state index contributed by atoms with van der Waals surface area (Å²) in [6.45, 7) is 7.76. The molecule has 1 unspecified atom stereocenters. The van der Waals surface area contributed by atoms with Crippen molar-refractivity contribution in [3.8, 4) is 0 Å². The number of nitrogens with zero attached hydrogens (tertiary/aromatic N) is 1. The van der Waals surface area contributed by atoms with E-state index in [9.17, 15) is 4.79 Å². The van der Waals surface area contributed by atoms with Crippen LogP contribution in [0.1, 0.15) is 37.4 Å². The molecular formula is C14H21NO2. The van der Waals surface area contributed by atoms with Crippen LogP contribution in [-0.4, -0.2) is 29.1 Å². The molecule has 1 atom stereocenters. The highest BCUT2D eigenvalue weighted by Gasteiger charge is 2.16. The minimum absolute atomic E-state index is 0.198. The average Bonchev–Trinajstić information content (AvgIpc) is 2.29. The third-order valence-corrected chi connectivity index (χ3v) is 3.21. The lowest BCUT2D eigenvalue weighted by Crippen LogP contribution is -2.29. The molecule has 0 radical (unpaired) electrons. The second-order valence-corrected chi connectivity index (χ2v) is 4.30. The van der Waals surface area contributed by atoms with Crippen LogP contribution in [0.15, 0.2) is 24.3 Å². The van der Waals surface area contributed by atoms with Gasteiger partial charge in [0.15, 0.2) is 0 Å². The van der Waals surface area contributed by atoms with Crippen LogP contribution in [0.2, 0.25) is 0 Å². The van der Waals surface area contributed by atoms with Crippen LogP contribution in [0.3, 0.4) is 0 Å². The molecule has 0 aliphatic rings. The Bertz CT molecular complexity index is 376. The van der Waals surface area contributed by atoms with E-state index >= 15 is 0 Å². The predicted molar refractivity (Wildman–Crippen MR) is 69.1 cm³/mol. The van der Waals surface area contributed by atoms with Crippen molar-refractivity contribution < 1.29 is 9.90 Å². The molecule has 0 bridgehead atoms. The van der Waals surface area contributed by atoms with E-state index in [4.69, 9.17) is 5.11 Å². The lowest BCUT2D eigenvalue weighted by atomic mass is 10.0. The summed E-state index contributed by atoms with van der Waals surface area (Å²) in [4.78, 5) is 12.8. The van der Waals surface area contributed by atoms with Crippen molar-refractivity contribution in [2.24, 2.45) is 0 Å². The third kappa shape index (κ3) is 3.86.